The number of hydrogen-bond donors (Lipinski definition) is 0. The quantitative estimate of drug-likeness (QED) is 0.465. The van der Waals surface area contributed by atoms with Crippen molar-refractivity contribution in [2.75, 3.05) is 6.61 Å². The summed E-state index contributed by atoms with van der Waals surface area (Å²) in [7, 11) is -3.59. The number of benzene rings is 1. The van der Waals surface area contributed by atoms with Gasteiger partial charge in [-0.15, -0.1) is 6.58 Å². The summed E-state index contributed by atoms with van der Waals surface area (Å²) in [6, 6.07) is 8.00. The van der Waals surface area contributed by atoms with Crippen LogP contribution in [0, 0.1) is 0 Å². The molecule has 78 valence electrons. The molecule has 3 nitrogen and oxygen atoms in total. The molecule has 0 aliphatic heterocycles. The van der Waals surface area contributed by atoms with E-state index in [4.69, 9.17) is 0 Å². The van der Waals surface area contributed by atoms with Crippen molar-refractivity contribution >= 4 is 10.1 Å². The molecule has 1 aromatic carbocycles. The maximum atomic E-state index is 11.3. The topological polar surface area (TPSA) is 43.4 Å². The molecule has 0 spiro atoms. The van der Waals surface area contributed by atoms with Crippen LogP contribution in [0.3, 0.4) is 0 Å². The molecule has 0 heterocycles. The first-order chi connectivity index (χ1) is 6.17. The summed E-state index contributed by atoms with van der Waals surface area (Å²) in [6.45, 7) is 3.37. The SMILES string of the molecule is C=CCOS(=O)(=O)c1ccccc1.[Fe]. The third-order valence-electron chi connectivity index (χ3n) is 1.37. The van der Waals surface area contributed by atoms with Gasteiger partial charge < -0.3 is 0 Å². The summed E-state index contributed by atoms with van der Waals surface area (Å²) in [5, 5.41) is 0. The summed E-state index contributed by atoms with van der Waals surface area (Å²) in [5.74, 6) is 0. The Morgan fingerprint density at radius 1 is 1.29 bits per heavy atom. The van der Waals surface area contributed by atoms with Gasteiger partial charge in [0.25, 0.3) is 10.1 Å². The monoisotopic (exact) mass is 254 g/mol. The van der Waals surface area contributed by atoms with Gasteiger partial charge in [-0.2, -0.15) is 8.42 Å². The molecule has 0 bridgehead atoms. The smallest absolute Gasteiger partial charge is 0.262 e. The van der Waals surface area contributed by atoms with Crippen molar-refractivity contribution in [3.63, 3.8) is 0 Å². The largest absolute Gasteiger partial charge is 0.297 e. The Morgan fingerprint density at radius 2 is 1.86 bits per heavy atom. The fraction of sp³-hybridized carbons (Fsp3) is 0.111. The molecule has 0 N–H and O–H groups in total. The van der Waals surface area contributed by atoms with E-state index in [1.807, 2.05) is 0 Å². The van der Waals surface area contributed by atoms with Crippen LogP contribution in [0.1, 0.15) is 0 Å². The summed E-state index contributed by atoms with van der Waals surface area (Å²) in [5.41, 5.74) is 0. The van der Waals surface area contributed by atoms with Gasteiger partial charge in [0.05, 0.1) is 11.5 Å². The van der Waals surface area contributed by atoms with Gasteiger partial charge >= 0.3 is 0 Å². The van der Waals surface area contributed by atoms with E-state index in [0.29, 0.717) is 0 Å². The van der Waals surface area contributed by atoms with E-state index in [1.165, 1.54) is 18.2 Å². The predicted octanol–water partition coefficient (Wildman–Crippen LogP) is 1.58. The van der Waals surface area contributed by atoms with Crippen molar-refractivity contribution in [3.05, 3.63) is 43.0 Å². The molecular weight excluding hydrogens is 244 g/mol. The Hall–Kier alpha value is -0.611. The molecule has 0 saturated carbocycles. The minimum Gasteiger partial charge on any atom is -0.262 e. The molecule has 1 aromatic rings. The second-order valence-corrected chi connectivity index (χ2v) is 3.96. The number of hydrogen-bond acceptors (Lipinski definition) is 3. The second kappa shape index (κ2) is 5.98. The van der Waals surface area contributed by atoms with E-state index in [1.54, 1.807) is 18.2 Å². The summed E-state index contributed by atoms with van der Waals surface area (Å²) >= 11 is 0. The number of rotatable bonds is 4. The zero-order valence-corrected chi connectivity index (χ0v) is 9.29. The Balaban J connectivity index is 0.00000169. The van der Waals surface area contributed by atoms with Crippen LogP contribution in [0.25, 0.3) is 0 Å². The maximum absolute atomic E-state index is 11.3. The first kappa shape index (κ1) is 13.4. The van der Waals surface area contributed by atoms with Crippen LogP contribution in [-0.4, -0.2) is 15.0 Å². The van der Waals surface area contributed by atoms with Gasteiger partial charge in [0.2, 0.25) is 0 Å². The van der Waals surface area contributed by atoms with Crippen LogP contribution in [0.5, 0.6) is 0 Å². The molecule has 0 amide bonds. The average Bonchev–Trinajstić information content (AvgIpc) is 2.16. The van der Waals surface area contributed by atoms with Crippen molar-refractivity contribution in [2.24, 2.45) is 0 Å². The van der Waals surface area contributed by atoms with Crippen LogP contribution in [-0.2, 0) is 31.4 Å². The molecule has 0 saturated heterocycles. The van der Waals surface area contributed by atoms with Gasteiger partial charge in [-0.25, -0.2) is 0 Å². The van der Waals surface area contributed by atoms with E-state index in [2.05, 4.69) is 10.8 Å². The molecule has 0 aliphatic rings. The van der Waals surface area contributed by atoms with Gasteiger partial charge in [-0.3, -0.25) is 4.18 Å². The fourth-order valence-electron chi connectivity index (χ4n) is 0.793. The maximum Gasteiger partial charge on any atom is 0.297 e. The zero-order chi connectivity index (χ0) is 9.73. The first-order valence-corrected chi connectivity index (χ1v) is 5.13. The minimum atomic E-state index is -3.59. The second-order valence-electron chi connectivity index (χ2n) is 2.34. The Bertz CT molecular complexity index is 372. The van der Waals surface area contributed by atoms with Gasteiger partial charge in [-0.1, -0.05) is 24.3 Å². The van der Waals surface area contributed by atoms with E-state index >= 15 is 0 Å². The molecule has 0 aromatic heterocycles. The van der Waals surface area contributed by atoms with Crippen molar-refractivity contribution in [1.82, 2.24) is 0 Å². The standard InChI is InChI=1S/C9H10O3S.Fe/c1-2-8-12-13(10,11)9-6-4-3-5-7-9;/h2-7H,1,8H2;. The fourth-order valence-corrected chi connectivity index (χ4v) is 1.69. The summed E-state index contributed by atoms with van der Waals surface area (Å²) < 4.78 is 27.3. The average molecular weight is 254 g/mol. The van der Waals surface area contributed by atoms with Crippen LogP contribution >= 0.6 is 0 Å². The molecule has 0 unspecified atom stereocenters. The molecule has 0 atom stereocenters. The Morgan fingerprint density at radius 3 is 2.36 bits per heavy atom. The predicted molar refractivity (Wildman–Crippen MR) is 49.8 cm³/mol. The van der Waals surface area contributed by atoms with E-state index in [9.17, 15) is 8.42 Å². The van der Waals surface area contributed by atoms with Crippen LogP contribution in [0.4, 0.5) is 0 Å². The Labute approximate surface area is 94.4 Å². The molecule has 0 fully saturated rings. The van der Waals surface area contributed by atoms with Crippen LogP contribution < -0.4 is 0 Å². The van der Waals surface area contributed by atoms with Crippen molar-refractivity contribution < 1.29 is 29.7 Å². The normalized spacial score (nSPS) is 10.3. The van der Waals surface area contributed by atoms with E-state index in [0.717, 1.165) is 0 Å². The summed E-state index contributed by atoms with van der Waals surface area (Å²) in [6.07, 6.45) is 1.39. The van der Waals surface area contributed by atoms with E-state index < -0.39 is 10.1 Å². The van der Waals surface area contributed by atoms with E-state index in [-0.39, 0.29) is 28.6 Å². The molecule has 14 heavy (non-hydrogen) atoms. The van der Waals surface area contributed by atoms with Crippen molar-refractivity contribution in [2.45, 2.75) is 4.90 Å². The molecule has 1 rings (SSSR count). The Kier molecular flexibility index (Phi) is 5.72. The third-order valence-corrected chi connectivity index (χ3v) is 2.67. The van der Waals surface area contributed by atoms with Crippen molar-refractivity contribution in [3.8, 4) is 0 Å². The third kappa shape index (κ3) is 3.64. The molecule has 0 radical (unpaired) electrons. The first-order valence-electron chi connectivity index (χ1n) is 3.72. The van der Waals surface area contributed by atoms with Gasteiger partial charge in [-0.05, 0) is 12.1 Å². The van der Waals surface area contributed by atoms with Crippen LogP contribution in [0.15, 0.2) is 47.9 Å². The molecule has 5 heteroatoms. The van der Waals surface area contributed by atoms with Gasteiger partial charge in [0.15, 0.2) is 0 Å². The zero-order valence-electron chi connectivity index (χ0n) is 7.36. The molecular formula is C9H10FeO3S. The summed E-state index contributed by atoms with van der Waals surface area (Å²) in [4.78, 5) is 0.164. The van der Waals surface area contributed by atoms with Gasteiger partial charge in [0.1, 0.15) is 0 Å². The minimum absolute atomic E-state index is 0. The molecule has 0 aliphatic carbocycles. The van der Waals surface area contributed by atoms with Crippen LogP contribution in [0.2, 0.25) is 0 Å². The van der Waals surface area contributed by atoms with Crippen molar-refractivity contribution in [1.29, 1.82) is 0 Å². The van der Waals surface area contributed by atoms with Gasteiger partial charge in [0, 0.05) is 17.1 Å².